The summed E-state index contributed by atoms with van der Waals surface area (Å²) in [6.07, 6.45) is 2.90. The number of rotatable bonds is 0. The first kappa shape index (κ1) is 7.49. The molecule has 0 atom stereocenters. The zero-order valence-corrected chi connectivity index (χ0v) is 8.17. The first-order valence-corrected chi connectivity index (χ1v) is 4.65. The number of fused-ring (bicyclic) bond motifs is 1. The molecule has 2 nitrogen and oxygen atoms in total. The summed E-state index contributed by atoms with van der Waals surface area (Å²) in [5, 5.41) is 0. The number of hydrogen-bond donors (Lipinski definition) is 0. The molecule has 0 amide bonds. The molecular formula is C8H8INO. The number of hydrogen-bond acceptors (Lipinski definition) is 2. The summed E-state index contributed by atoms with van der Waals surface area (Å²) < 4.78 is 6.48. The van der Waals surface area contributed by atoms with Gasteiger partial charge in [-0.15, -0.1) is 0 Å². The Kier molecular flexibility index (Phi) is 2.09. The summed E-state index contributed by atoms with van der Waals surface area (Å²) in [6.45, 7) is 1.53. The molecule has 3 heteroatoms. The first-order chi connectivity index (χ1) is 5.36. The van der Waals surface area contributed by atoms with Crippen LogP contribution in [0.1, 0.15) is 11.3 Å². The lowest BCUT2D eigenvalue weighted by Gasteiger charge is -2.14. The lowest BCUT2D eigenvalue weighted by Crippen LogP contribution is -2.11. The molecule has 0 saturated heterocycles. The zero-order valence-electron chi connectivity index (χ0n) is 6.01. The van der Waals surface area contributed by atoms with Gasteiger partial charge < -0.3 is 4.74 Å². The van der Waals surface area contributed by atoms with Crippen LogP contribution in [-0.4, -0.2) is 11.6 Å². The normalized spacial score (nSPS) is 16.1. The number of halogens is 1. The van der Waals surface area contributed by atoms with E-state index in [0.717, 1.165) is 18.7 Å². The van der Waals surface area contributed by atoms with E-state index < -0.39 is 0 Å². The molecule has 0 aliphatic carbocycles. The van der Waals surface area contributed by atoms with Crippen molar-refractivity contribution in [3.05, 3.63) is 27.1 Å². The number of nitrogens with zero attached hydrogens (tertiary/aromatic N) is 1. The summed E-state index contributed by atoms with van der Waals surface area (Å²) in [5.41, 5.74) is 2.46. The van der Waals surface area contributed by atoms with Crippen molar-refractivity contribution in [2.75, 3.05) is 6.61 Å². The molecule has 1 aliphatic heterocycles. The van der Waals surface area contributed by atoms with Crippen LogP contribution in [0.2, 0.25) is 0 Å². The van der Waals surface area contributed by atoms with Crippen LogP contribution in [-0.2, 0) is 17.8 Å². The third-order valence-corrected chi connectivity index (χ3v) is 2.37. The van der Waals surface area contributed by atoms with Crippen molar-refractivity contribution in [2.45, 2.75) is 13.0 Å². The molecule has 0 radical (unpaired) electrons. The van der Waals surface area contributed by atoms with Crippen LogP contribution < -0.4 is 0 Å². The fourth-order valence-electron chi connectivity index (χ4n) is 1.21. The van der Waals surface area contributed by atoms with Crippen molar-refractivity contribution < 1.29 is 4.74 Å². The van der Waals surface area contributed by atoms with Crippen molar-refractivity contribution in [2.24, 2.45) is 0 Å². The summed E-state index contributed by atoms with van der Waals surface area (Å²) in [5.74, 6) is 0. The summed E-state index contributed by atoms with van der Waals surface area (Å²) in [4.78, 5) is 4.29. The van der Waals surface area contributed by atoms with Gasteiger partial charge in [0.1, 0.15) is 0 Å². The molecule has 1 aliphatic rings. The molecule has 2 rings (SSSR count). The van der Waals surface area contributed by atoms with Crippen molar-refractivity contribution in [1.82, 2.24) is 4.98 Å². The Balaban J connectivity index is 2.43. The summed E-state index contributed by atoms with van der Waals surface area (Å²) in [7, 11) is 0. The maximum atomic E-state index is 5.27. The van der Waals surface area contributed by atoms with E-state index in [1.165, 1.54) is 9.13 Å². The topological polar surface area (TPSA) is 22.1 Å². The standard InChI is InChI=1S/C8H8INO/c9-7-3-6-1-2-11-5-8(6)10-4-7/h3-4H,1-2,5H2. The molecule has 58 valence electrons. The number of ether oxygens (including phenoxy) is 1. The van der Waals surface area contributed by atoms with Crippen LogP contribution >= 0.6 is 22.6 Å². The molecular weight excluding hydrogens is 253 g/mol. The minimum absolute atomic E-state index is 0.687. The van der Waals surface area contributed by atoms with E-state index in [2.05, 4.69) is 33.6 Å². The Morgan fingerprint density at radius 2 is 2.45 bits per heavy atom. The van der Waals surface area contributed by atoms with Gasteiger partial charge in [-0.3, -0.25) is 4.98 Å². The highest BCUT2D eigenvalue weighted by molar-refractivity contribution is 14.1. The van der Waals surface area contributed by atoms with Gasteiger partial charge in [0.25, 0.3) is 0 Å². The summed E-state index contributed by atoms with van der Waals surface area (Å²) >= 11 is 2.28. The Hall–Kier alpha value is -0.160. The summed E-state index contributed by atoms with van der Waals surface area (Å²) in [6, 6.07) is 2.19. The Morgan fingerprint density at radius 3 is 3.36 bits per heavy atom. The second-order valence-electron chi connectivity index (χ2n) is 2.56. The van der Waals surface area contributed by atoms with Gasteiger partial charge >= 0.3 is 0 Å². The molecule has 0 fully saturated rings. The third-order valence-electron chi connectivity index (χ3n) is 1.78. The molecule has 0 saturated carbocycles. The second kappa shape index (κ2) is 3.06. The van der Waals surface area contributed by atoms with Crippen LogP contribution in [0.4, 0.5) is 0 Å². The molecule has 2 heterocycles. The Morgan fingerprint density at radius 1 is 1.55 bits per heavy atom. The van der Waals surface area contributed by atoms with E-state index >= 15 is 0 Å². The maximum Gasteiger partial charge on any atom is 0.0890 e. The van der Waals surface area contributed by atoms with Crippen LogP contribution in [0.15, 0.2) is 12.3 Å². The van der Waals surface area contributed by atoms with Gasteiger partial charge in [0, 0.05) is 9.77 Å². The van der Waals surface area contributed by atoms with Gasteiger partial charge in [0.05, 0.1) is 18.9 Å². The minimum Gasteiger partial charge on any atom is -0.375 e. The molecule has 0 N–H and O–H groups in total. The van der Waals surface area contributed by atoms with E-state index in [1.54, 1.807) is 0 Å². The van der Waals surface area contributed by atoms with Crippen molar-refractivity contribution in [1.29, 1.82) is 0 Å². The Labute approximate surface area is 79.1 Å². The highest BCUT2D eigenvalue weighted by Crippen LogP contribution is 2.16. The van der Waals surface area contributed by atoms with Gasteiger partial charge in [-0.2, -0.15) is 0 Å². The maximum absolute atomic E-state index is 5.27. The van der Waals surface area contributed by atoms with Crippen LogP contribution in [0.25, 0.3) is 0 Å². The Bertz CT molecular complexity index is 275. The average molecular weight is 261 g/mol. The van der Waals surface area contributed by atoms with Crippen molar-refractivity contribution >= 4 is 22.6 Å². The van der Waals surface area contributed by atoms with E-state index in [1.807, 2.05) is 6.20 Å². The van der Waals surface area contributed by atoms with E-state index in [0.29, 0.717) is 6.61 Å². The third kappa shape index (κ3) is 1.54. The largest absolute Gasteiger partial charge is 0.375 e. The van der Waals surface area contributed by atoms with Gasteiger partial charge in [0.15, 0.2) is 0 Å². The quantitative estimate of drug-likeness (QED) is 0.664. The predicted molar refractivity (Wildman–Crippen MR) is 50.3 cm³/mol. The van der Waals surface area contributed by atoms with E-state index in [4.69, 9.17) is 4.74 Å². The van der Waals surface area contributed by atoms with Crippen LogP contribution in [0.3, 0.4) is 0 Å². The first-order valence-electron chi connectivity index (χ1n) is 3.57. The van der Waals surface area contributed by atoms with Crippen LogP contribution in [0, 0.1) is 3.57 Å². The monoisotopic (exact) mass is 261 g/mol. The molecule has 11 heavy (non-hydrogen) atoms. The molecule has 0 aromatic carbocycles. The SMILES string of the molecule is Ic1cnc2c(c1)CCOC2. The zero-order chi connectivity index (χ0) is 7.68. The molecule has 1 aromatic heterocycles. The lowest BCUT2D eigenvalue weighted by molar-refractivity contribution is 0.107. The highest BCUT2D eigenvalue weighted by atomic mass is 127. The fraction of sp³-hybridized carbons (Fsp3) is 0.375. The van der Waals surface area contributed by atoms with Gasteiger partial charge in [0.2, 0.25) is 0 Å². The molecule has 1 aromatic rings. The lowest BCUT2D eigenvalue weighted by atomic mass is 10.1. The second-order valence-corrected chi connectivity index (χ2v) is 3.81. The van der Waals surface area contributed by atoms with Gasteiger partial charge in [-0.1, -0.05) is 0 Å². The number of aromatic nitrogens is 1. The van der Waals surface area contributed by atoms with Crippen molar-refractivity contribution in [3.63, 3.8) is 0 Å². The number of pyridine rings is 1. The molecule has 0 bridgehead atoms. The average Bonchev–Trinajstić information content (AvgIpc) is 2.04. The van der Waals surface area contributed by atoms with Gasteiger partial charge in [-0.25, -0.2) is 0 Å². The fourth-order valence-corrected chi connectivity index (χ4v) is 1.72. The smallest absolute Gasteiger partial charge is 0.0890 e. The van der Waals surface area contributed by atoms with Crippen molar-refractivity contribution in [3.8, 4) is 0 Å². The minimum atomic E-state index is 0.687. The predicted octanol–water partition coefficient (Wildman–Crippen LogP) is 1.76. The van der Waals surface area contributed by atoms with E-state index in [-0.39, 0.29) is 0 Å². The molecule has 0 spiro atoms. The van der Waals surface area contributed by atoms with Crippen LogP contribution in [0.5, 0.6) is 0 Å². The highest BCUT2D eigenvalue weighted by Gasteiger charge is 2.09. The molecule has 0 unspecified atom stereocenters. The van der Waals surface area contributed by atoms with Gasteiger partial charge in [-0.05, 0) is 40.6 Å². The van der Waals surface area contributed by atoms with E-state index in [9.17, 15) is 0 Å².